The minimum atomic E-state index is -0.433. The third kappa shape index (κ3) is 3.65. The van der Waals surface area contributed by atoms with Gasteiger partial charge in [-0.15, -0.1) is 0 Å². The molecule has 3 rings (SSSR count). The van der Waals surface area contributed by atoms with Crippen LogP contribution >= 0.6 is 0 Å². The summed E-state index contributed by atoms with van der Waals surface area (Å²) in [5, 5.41) is 10.1. The highest BCUT2D eigenvalue weighted by molar-refractivity contribution is 5.94. The molecule has 21 heavy (non-hydrogen) atoms. The first-order valence-electron chi connectivity index (χ1n) is 6.86. The van der Waals surface area contributed by atoms with E-state index in [4.69, 9.17) is 4.74 Å². The smallest absolute Gasteiger partial charge is 0.254 e. The molecule has 1 unspecified atom stereocenters. The fourth-order valence-corrected chi connectivity index (χ4v) is 2.21. The number of morpholine rings is 1. The Kier molecular flexibility index (Phi) is 4.23. The highest BCUT2D eigenvalue weighted by Gasteiger charge is 2.21. The van der Waals surface area contributed by atoms with E-state index >= 15 is 0 Å². The third-order valence-electron chi connectivity index (χ3n) is 3.23. The number of nitrogens with zero attached hydrogens (tertiary/aromatic N) is 3. The minimum Gasteiger partial charge on any atom is -0.366 e. The number of hydrogen-bond donors (Lipinski definition) is 2. The predicted octanol–water partition coefficient (Wildman–Crippen LogP) is 0.253. The summed E-state index contributed by atoms with van der Waals surface area (Å²) in [6.07, 6.45) is 2.73. The third-order valence-corrected chi connectivity index (χ3v) is 3.23. The van der Waals surface area contributed by atoms with Gasteiger partial charge in [0.05, 0.1) is 13.2 Å². The van der Waals surface area contributed by atoms with Crippen LogP contribution in [0.2, 0.25) is 0 Å². The zero-order valence-corrected chi connectivity index (χ0v) is 11.5. The van der Waals surface area contributed by atoms with E-state index in [2.05, 4.69) is 20.7 Å². The Bertz CT molecular complexity index is 593. The van der Waals surface area contributed by atoms with Crippen molar-refractivity contribution < 1.29 is 9.53 Å². The van der Waals surface area contributed by atoms with E-state index in [0.717, 1.165) is 17.8 Å². The second kappa shape index (κ2) is 6.47. The molecule has 0 bridgehead atoms. The van der Waals surface area contributed by atoms with Gasteiger partial charge in [0.2, 0.25) is 0 Å². The molecule has 1 fully saturated rings. The summed E-state index contributed by atoms with van der Waals surface area (Å²) in [7, 11) is 0. The van der Waals surface area contributed by atoms with Crippen LogP contribution < -0.4 is 10.6 Å². The number of hydrogen-bond acceptors (Lipinski definition) is 5. The highest BCUT2D eigenvalue weighted by Crippen LogP contribution is 2.12. The number of carbonyl (C=O) groups is 1. The van der Waals surface area contributed by atoms with Crippen molar-refractivity contribution in [2.75, 3.05) is 25.0 Å². The van der Waals surface area contributed by atoms with Crippen LogP contribution in [0, 0.1) is 0 Å². The summed E-state index contributed by atoms with van der Waals surface area (Å²) in [6.45, 7) is 2.51. The van der Waals surface area contributed by atoms with Gasteiger partial charge in [-0.05, 0) is 17.7 Å². The number of carbonyl (C=O) groups excluding carboxylic acids is 1. The van der Waals surface area contributed by atoms with E-state index in [9.17, 15) is 4.79 Å². The van der Waals surface area contributed by atoms with Gasteiger partial charge in [-0.25, -0.2) is 9.67 Å². The van der Waals surface area contributed by atoms with Gasteiger partial charge in [-0.2, -0.15) is 5.10 Å². The van der Waals surface area contributed by atoms with Crippen molar-refractivity contribution in [1.29, 1.82) is 0 Å². The molecule has 0 aliphatic carbocycles. The molecular weight excluding hydrogens is 270 g/mol. The van der Waals surface area contributed by atoms with Crippen LogP contribution in [0.4, 0.5) is 5.69 Å². The number of amides is 1. The Morgan fingerprint density at radius 1 is 1.52 bits per heavy atom. The van der Waals surface area contributed by atoms with Crippen molar-refractivity contribution in [1.82, 2.24) is 20.1 Å². The number of anilines is 1. The van der Waals surface area contributed by atoms with E-state index in [1.807, 2.05) is 24.3 Å². The first kappa shape index (κ1) is 13.7. The molecule has 0 saturated carbocycles. The molecule has 1 aromatic carbocycles. The zero-order chi connectivity index (χ0) is 14.5. The Morgan fingerprint density at radius 2 is 2.48 bits per heavy atom. The van der Waals surface area contributed by atoms with E-state index in [1.54, 1.807) is 11.0 Å². The molecule has 2 aromatic rings. The number of nitrogens with one attached hydrogen (secondary N) is 2. The van der Waals surface area contributed by atoms with Gasteiger partial charge < -0.3 is 15.4 Å². The highest BCUT2D eigenvalue weighted by atomic mass is 16.5. The van der Waals surface area contributed by atoms with Crippen molar-refractivity contribution in [3.05, 3.63) is 42.5 Å². The monoisotopic (exact) mass is 287 g/mol. The van der Waals surface area contributed by atoms with E-state index in [1.165, 1.54) is 6.33 Å². The van der Waals surface area contributed by atoms with Crippen LogP contribution in [0.3, 0.4) is 0 Å². The Hall–Kier alpha value is -2.25. The molecule has 1 atom stereocenters. The molecule has 110 valence electrons. The molecule has 2 N–H and O–H groups in total. The lowest BCUT2D eigenvalue weighted by Gasteiger charge is -2.22. The van der Waals surface area contributed by atoms with E-state index < -0.39 is 6.10 Å². The Labute approximate surface area is 122 Å². The van der Waals surface area contributed by atoms with Gasteiger partial charge in [-0.1, -0.05) is 12.1 Å². The molecule has 1 saturated heterocycles. The predicted molar refractivity (Wildman–Crippen MR) is 76.8 cm³/mol. The summed E-state index contributed by atoms with van der Waals surface area (Å²) in [6, 6.07) is 7.67. The summed E-state index contributed by atoms with van der Waals surface area (Å²) in [4.78, 5) is 16.0. The van der Waals surface area contributed by atoms with Gasteiger partial charge in [0.25, 0.3) is 5.91 Å². The maximum atomic E-state index is 12.1. The maximum absolute atomic E-state index is 12.1. The molecule has 0 radical (unpaired) electrons. The minimum absolute atomic E-state index is 0.125. The van der Waals surface area contributed by atoms with Gasteiger partial charge in [0.15, 0.2) is 0 Å². The van der Waals surface area contributed by atoms with Crippen molar-refractivity contribution in [2.45, 2.75) is 12.6 Å². The van der Waals surface area contributed by atoms with Gasteiger partial charge in [-0.3, -0.25) is 4.79 Å². The SMILES string of the molecule is O=C(Nc1cccc(Cn2cncn2)c1)C1CNCCO1. The largest absolute Gasteiger partial charge is 0.366 e. The van der Waals surface area contributed by atoms with Gasteiger partial charge in [0, 0.05) is 18.8 Å². The van der Waals surface area contributed by atoms with Gasteiger partial charge in [0.1, 0.15) is 18.8 Å². The number of rotatable bonds is 4. The second-order valence-electron chi connectivity index (χ2n) is 4.85. The zero-order valence-electron chi connectivity index (χ0n) is 11.5. The summed E-state index contributed by atoms with van der Waals surface area (Å²) >= 11 is 0. The quantitative estimate of drug-likeness (QED) is 0.842. The summed E-state index contributed by atoms with van der Waals surface area (Å²) in [5.74, 6) is -0.125. The van der Waals surface area contributed by atoms with Crippen molar-refractivity contribution in [3.63, 3.8) is 0 Å². The lowest BCUT2D eigenvalue weighted by atomic mass is 10.2. The van der Waals surface area contributed by atoms with Crippen LogP contribution in [0.25, 0.3) is 0 Å². The molecule has 7 heteroatoms. The van der Waals surface area contributed by atoms with Gasteiger partial charge >= 0.3 is 0 Å². The van der Waals surface area contributed by atoms with Crippen LogP contribution in [-0.4, -0.2) is 46.5 Å². The Balaban J connectivity index is 1.63. The number of aromatic nitrogens is 3. The molecule has 7 nitrogen and oxygen atoms in total. The number of benzene rings is 1. The fraction of sp³-hybridized carbons (Fsp3) is 0.357. The van der Waals surface area contributed by atoms with Crippen molar-refractivity contribution in [2.24, 2.45) is 0 Å². The molecule has 2 heterocycles. The normalized spacial score (nSPS) is 18.4. The molecule has 0 spiro atoms. The fourth-order valence-electron chi connectivity index (χ4n) is 2.21. The lowest BCUT2D eigenvalue weighted by Crippen LogP contribution is -2.45. The van der Waals surface area contributed by atoms with Crippen LogP contribution in [-0.2, 0) is 16.1 Å². The average molecular weight is 287 g/mol. The van der Waals surface area contributed by atoms with Crippen LogP contribution in [0.5, 0.6) is 0 Å². The molecule has 1 aliphatic rings. The van der Waals surface area contributed by atoms with Crippen LogP contribution in [0.1, 0.15) is 5.56 Å². The molecular formula is C14H17N5O2. The molecule has 1 aliphatic heterocycles. The molecule has 1 aromatic heterocycles. The topological polar surface area (TPSA) is 81.1 Å². The average Bonchev–Trinajstić information content (AvgIpc) is 3.01. The first-order valence-corrected chi connectivity index (χ1v) is 6.86. The van der Waals surface area contributed by atoms with E-state index in [0.29, 0.717) is 19.7 Å². The Morgan fingerprint density at radius 3 is 3.24 bits per heavy atom. The number of ether oxygens (including phenoxy) is 1. The van der Waals surface area contributed by atoms with E-state index in [-0.39, 0.29) is 5.91 Å². The van der Waals surface area contributed by atoms with Crippen molar-refractivity contribution in [3.8, 4) is 0 Å². The van der Waals surface area contributed by atoms with Crippen LogP contribution in [0.15, 0.2) is 36.9 Å². The maximum Gasteiger partial charge on any atom is 0.254 e. The molecule has 1 amide bonds. The summed E-state index contributed by atoms with van der Waals surface area (Å²) < 4.78 is 7.16. The lowest BCUT2D eigenvalue weighted by molar-refractivity contribution is -0.128. The first-order chi connectivity index (χ1) is 10.3. The second-order valence-corrected chi connectivity index (χ2v) is 4.85. The van der Waals surface area contributed by atoms with Crippen molar-refractivity contribution >= 4 is 11.6 Å². The standard InChI is InChI=1S/C14H17N5O2/c20-14(13-7-15-4-5-21-13)18-12-3-1-2-11(6-12)8-19-10-16-9-17-19/h1-3,6,9-10,13,15H,4-5,7-8H2,(H,18,20). The summed E-state index contributed by atoms with van der Waals surface area (Å²) in [5.41, 5.74) is 1.80.